The van der Waals surface area contributed by atoms with Crippen LogP contribution in [0.2, 0.25) is 5.02 Å². The average Bonchev–Trinajstić information content (AvgIpc) is 2.57. The predicted octanol–water partition coefficient (Wildman–Crippen LogP) is 2.92. The van der Waals surface area contributed by atoms with Crippen LogP contribution in [0.15, 0.2) is 24.3 Å². The van der Waals surface area contributed by atoms with Crippen LogP contribution in [0, 0.1) is 0 Å². The lowest BCUT2D eigenvalue weighted by molar-refractivity contribution is 0.567. The maximum Gasteiger partial charge on any atom is 0.0407 e. The number of nitrogens with zero attached hydrogens (tertiary/aromatic N) is 1. The molecule has 1 aliphatic rings. The Labute approximate surface area is 103 Å². The summed E-state index contributed by atoms with van der Waals surface area (Å²) in [7, 11) is 2.18. The Morgan fingerprint density at radius 1 is 1.19 bits per heavy atom. The van der Waals surface area contributed by atoms with Gasteiger partial charge < -0.3 is 10.2 Å². The van der Waals surface area contributed by atoms with Crippen molar-refractivity contribution in [3.63, 3.8) is 0 Å². The van der Waals surface area contributed by atoms with Crippen molar-refractivity contribution in [3.05, 3.63) is 29.3 Å². The van der Waals surface area contributed by atoms with Gasteiger partial charge in [0.25, 0.3) is 0 Å². The highest BCUT2D eigenvalue weighted by atomic mass is 35.5. The molecule has 1 unspecified atom stereocenters. The minimum atomic E-state index is 0.649. The van der Waals surface area contributed by atoms with Crippen LogP contribution in [0.25, 0.3) is 0 Å². The fourth-order valence-corrected chi connectivity index (χ4v) is 2.40. The molecule has 1 aromatic carbocycles. The number of nitrogens with one attached hydrogen (secondary N) is 1. The van der Waals surface area contributed by atoms with E-state index in [1.807, 2.05) is 12.1 Å². The van der Waals surface area contributed by atoms with Gasteiger partial charge in [-0.3, -0.25) is 0 Å². The van der Waals surface area contributed by atoms with Crippen molar-refractivity contribution in [1.82, 2.24) is 5.32 Å². The third-order valence-electron chi connectivity index (χ3n) is 3.33. The standard InChI is InChI=1S/C13H19ClN2/c1-16(12-3-2-9-15-10-8-12)13-6-4-11(14)5-7-13/h4-7,12,15H,2-3,8-10H2,1H3. The summed E-state index contributed by atoms with van der Waals surface area (Å²) < 4.78 is 0. The van der Waals surface area contributed by atoms with Gasteiger partial charge in [-0.2, -0.15) is 0 Å². The largest absolute Gasteiger partial charge is 0.372 e. The van der Waals surface area contributed by atoms with E-state index in [0.29, 0.717) is 6.04 Å². The van der Waals surface area contributed by atoms with E-state index in [2.05, 4.69) is 29.4 Å². The lowest BCUT2D eigenvalue weighted by atomic mass is 10.1. The van der Waals surface area contributed by atoms with E-state index in [0.717, 1.165) is 18.1 Å². The van der Waals surface area contributed by atoms with Crippen molar-refractivity contribution in [3.8, 4) is 0 Å². The molecule has 16 heavy (non-hydrogen) atoms. The van der Waals surface area contributed by atoms with Gasteiger partial charge in [-0.1, -0.05) is 11.6 Å². The summed E-state index contributed by atoms with van der Waals surface area (Å²) >= 11 is 5.90. The van der Waals surface area contributed by atoms with Gasteiger partial charge >= 0.3 is 0 Å². The number of halogens is 1. The van der Waals surface area contributed by atoms with E-state index in [-0.39, 0.29) is 0 Å². The van der Waals surface area contributed by atoms with Crippen molar-refractivity contribution < 1.29 is 0 Å². The Morgan fingerprint density at radius 2 is 1.94 bits per heavy atom. The fraction of sp³-hybridized carbons (Fsp3) is 0.538. The first-order valence-electron chi connectivity index (χ1n) is 5.96. The molecule has 1 atom stereocenters. The van der Waals surface area contributed by atoms with Crippen molar-refractivity contribution in [1.29, 1.82) is 0 Å². The first kappa shape index (κ1) is 11.7. The van der Waals surface area contributed by atoms with Crippen LogP contribution in [0.3, 0.4) is 0 Å². The molecule has 0 saturated carbocycles. The molecule has 1 heterocycles. The summed E-state index contributed by atoms with van der Waals surface area (Å²) in [5.74, 6) is 0. The Bertz CT molecular complexity index is 315. The lowest BCUT2D eigenvalue weighted by Gasteiger charge is -2.29. The van der Waals surface area contributed by atoms with Gasteiger partial charge in [-0.15, -0.1) is 0 Å². The highest BCUT2D eigenvalue weighted by molar-refractivity contribution is 6.30. The average molecular weight is 239 g/mol. The molecule has 1 fully saturated rings. The predicted molar refractivity (Wildman–Crippen MR) is 70.4 cm³/mol. The van der Waals surface area contributed by atoms with Crippen LogP contribution in [-0.2, 0) is 0 Å². The fourth-order valence-electron chi connectivity index (χ4n) is 2.28. The van der Waals surface area contributed by atoms with Crippen LogP contribution < -0.4 is 10.2 Å². The van der Waals surface area contributed by atoms with Gasteiger partial charge in [0.2, 0.25) is 0 Å². The second-order valence-electron chi connectivity index (χ2n) is 4.42. The quantitative estimate of drug-likeness (QED) is 0.853. The van der Waals surface area contributed by atoms with Gasteiger partial charge in [0.15, 0.2) is 0 Å². The van der Waals surface area contributed by atoms with Crippen molar-refractivity contribution >= 4 is 17.3 Å². The number of anilines is 1. The number of hydrogen-bond donors (Lipinski definition) is 1. The Hall–Kier alpha value is -0.730. The van der Waals surface area contributed by atoms with E-state index in [1.54, 1.807) is 0 Å². The van der Waals surface area contributed by atoms with E-state index in [4.69, 9.17) is 11.6 Å². The Kier molecular flexibility index (Phi) is 4.08. The van der Waals surface area contributed by atoms with Crippen LogP contribution >= 0.6 is 11.6 Å². The number of hydrogen-bond acceptors (Lipinski definition) is 2. The summed E-state index contributed by atoms with van der Waals surface area (Å²) in [5.41, 5.74) is 1.26. The van der Waals surface area contributed by atoms with Crippen molar-refractivity contribution in [2.45, 2.75) is 25.3 Å². The molecule has 1 aliphatic heterocycles. The van der Waals surface area contributed by atoms with E-state index >= 15 is 0 Å². The first-order chi connectivity index (χ1) is 7.77. The molecule has 0 radical (unpaired) electrons. The minimum Gasteiger partial charge on any atom is -0.372 e. The van der Waals surface area contributed by atoms with Crippen LogP contribution in [0.1, 0.15) is 19.3 Å². The highest BCUT2D eigenvalue weighted by Crippen LogP contribution is 2.22. The maximum atomic E-state index is 5.90. The van der Waals surface area contributed by atoms with Gasteiger partial charge in [-0.25, -0.2) is 0 Å². The monoisotopic (exact) mass is 238 g/mol. The zero-order valence-electron chi connectivity index (χ0n) is 9.75. The number of rotatable bonds is 2. The second-order valence-corrected chi connectivity index (χ2v) is 4.86. The van der Waals surface area contributed by atoms with Gasteiger partial charge in [0, 0.05) is 23.8 Å². The summed E-state index contributed by atoms with van der Waals surface area (Å²) in [4.78, 5) is 2.38. The zero-order chi connectivity index (χ0) is 11.4. The molecule has 1 saturated heterocycles. The molecule has 1 aromatic rings. The molecular weight excluding hydrogens is 220 g/mol. The number of benzene rings is 1. The van der Waals surface area contributed by atoms with Gasteiger partial charge in [0.05, 0.1) is 0 Å². The van der Waals surface area contributed by atoms with Crippen LogP contribution in [-0.4, -0.2) is 26.2 Å². The van der Waals surface area contributed by atoms with Crippen molar-refractivity contribution in [2.75, 3.05) is 25.0 Å². The molecule has 88 valence electrons. The summed E-state index contributed by atoms with van der Waals surface area (Å²) in [6, 6.07) is 8.77. The minimum absolute atomic E-state index is 0.649. The molecule has 1 N–H and O–H groups in total. The van der Waals surface area contributed by atoms with Gasteiger partial charge in [0.1, 0.15) is 0 Å². The van der Waals surface area contributed by atoms with Gasteiger partial charge in [-0.05, 0) is 56.6 Å². The summed E-state index contributed by atoms with van der Waals surface area (Å²) in [5, 5.41) is 4.25. The van der Waals surface area contributed by atoms with Crippen LogP contribution in [0.4, 0.5) is 5.69 Å². The molecule has 2 nitrogen and oxygen atoms in total. The Morgan fingerprint density at radius 3 is 2.69 bits per heavy atom. The molecule has 2 rings (SSSR count). The van der Waals surface area contributed by atoms with Crippen LogP contribution in [0.5, 0.6) is 0 Å². The van der Waals surface area contributed by atoms with E-state index in [9.17, 15) is 0 Å². The highest BCUT2D eigenvalue weighted by Gasteiger charge is 2.16. The van der Waals surface area contributed by atoms with Crippen molar-refractivity contribution in [2.24, 2.45) is 0 Å². The van der Waals surface area contributed by atoms with E-state index < -0.39 is 0 Å². The SMILES string of the molecule is CN(c1ccc(Cl)cc1)C1CCCNCC1. The first-order valence-corrected chi connectivity index (χ1v) is 6.34. The molecule has 0 aromatic heterocycles. The molecule has 3 heteroatoms. The Balaban J connectivity index is 2.04. The normalized spacial score (nSPS) is 21.5. The molecular formula is C13H19ClN2. The zero-order valence-corrected chi connectivity index (χ0v) is 10.5. The smallest absolute Gasteiger partial charge is 0.0407 e. The molecule has 0 spiro atoms. The molecule has 0 amide bonds. The third-order valence-corrected chi connectivity index (χ3v) is 3.58. The van der Waals surface area contributed by atoms with E-state index in [1.165, 1.54) is 24.9 Å². The second kappa shape index (κ2) is 5.55. The lowest BCUT2D eigenvalue weighted by Crippen LogP contribution is -2.32. The summed E-state index contributed by atoms with van der Waals surface area (Å²) in [6.45, 7) is 2.29. The molecule has 0 bridgehead atoms. The maximum absolute atomic E-state index is 5.90. The third kappa shape index (κ3) is 2.89. The molecule has 0 aliphatic carbocycles. The topological polar surface area (TPSA) is 15.3 Å². The summed E-state index contributed by atoms with van der Waals surface area (Å²) in [6.07, 6.45) is 3.76.